The van der Waals surface area contributed by atoms with Crippen LogP contribution in [0, 0.1) is 5.92 Å². The Balaban J connectivity index is 2.68. The summed E-state index contributed by atoms with van der Waals surface area (Å²) in [7, 11) is 3.74. The van der Waals surface area contributed by atoms with Gasteiger partial charge in [0.2, 0.25) is 5.88 Å². The Labute approximate surface area is 110 Å². The lowest BCUT2D eigenvalue weighted by Crippen LogP contribution is -2.31. The molecule has 18 heavy (non-hydrogen) atoms. The summed E-state index contributed by atoms with van der Waals surface area (Å²) in [6, 6.07) is 4.14. The zero-order valence-corrected chi connectivity index (χ0v) is 11.9. The van der Waals surface area contributed by atoms with E-state index >= 15 is 0 Å². The minimum Gasteiger partial charge on any atom is -0.481 e. The first kappa shape index (κ1) is 14.9. The molecule has 0 aliphatic heterocycles. The molecule has 4 nitrogen and oxygen atoms in total. The van der Waals surface area contributed by atoms with Gasteiger partial charge in [-0.2, -0.15) is 0 Å². The van der Waals surface area contributed by atoms with E-state index in [9.17, 15) is 0 Å². The van der Waals surface area contributed by atoms with E-state index in [2.05, 4.69) is 30.8 Å². The van der Waals surface area contributed by atoms with E-state index in [0.717, 1.165) is 12.1 Å². The second kappa shape index (κ2) is 7.34. The number of hydrogen-bond acceptors (Lipinski definition) is 4. The van der Waals surface area contributed by atoms with Crippen LogP contribution in [0.1, 0.15) is 31.9 Å². The van der Waals surface area contributed by atoms with E-state index in [-0.39, 0.29) is 6.04 Å². The van der Waals surface area contributed by atoms with Crippen molar-refractivity contribution in [2.24, 2.45) is 11.7 Å². The molecule has 0 amide bonds. The first-order chi connectivity index (χ1) is 8.58. The van der Waals surface area contributed by atoms with Crippen LogP contribution in [0.5, 0.6) is 5.88 Å². The molecule has 1 unspecified atom stereocenters. The fourth-order valence-electron chi connectivity index (χ4n) is 1.90. The maximum Gasteiger partial charge on any atom is 0.212 e. The quantitative estimate of drug-likeness (QED) is 0.806. The standard InChI is InChI=1S/C14H25N3O/c1-11(2)7-8-17(3)13(9-15)12-5-6-14(18-4)16-10-12/h5-6,10-11,13H,7-9,15H2,1-4H3. The highest BCUT2D eigenvalue weighted by Gasteiger charge is 2.15. The van der Waals surface area contributed by atoms with E-state index < -0.39 is 0 Å². The fraction of sp³-hybridized carbons (Fsp3) is 0.643. The fourth-order valence-corrected chi connectivity index (χ4v) is 1.90. The Kier molecular flexibility index (Phi) is 6.09. The number of methoxy groups -OCH3 is 1. The second-order valence-corrected chi connectivity index (χ2v) is 5.05. The van der Waals surface area contributed by atoms with Crippen molar-refractivity contribution in [2.75, 3.05) is 27.2 Å². The lowest BCUT2D eigenvalue weighted by molar-refractivity contribution is 0.235. The van der Waals surface area contributed by atoms with Gasteiger partial charge in [0.05, 0.1) is 7.11 Å². The summed E-state index contributed by atoms with van der Waals surface area (Å²) in [4.78, 5) is 6.53. The highest BCUT2D eigenvalue weighted by atomic mass is 16.5. The zero-order valence-electron chi connectivity index (χ0n) is 11.9. The van der Waals surface area contributed by atoms with E-state index in [0.29, 0.717) is 18.3 Å². The van der Waals surface area contributed by atoms with Crippen molar-refractivity contribution in [2.45, 2.75) is 26.3 Å². The molecule has 0 fully saturated rings. The van der Waals surface area contributed by atoms with Crippen LogP contribution < -0.4 is 10.5 Å². The van der Waals surface area contributed by atoms with Crippen LogP contribution >= 0.6 is 0 Å². The van der Waals surface area contributed by atoms with Crippen molar-refractivity contribution in [3.05, 3.63) is 23.9 Å². The highest BCUT2D eigenvalue weighted by Crippen LogP contribution is 2.20. The third-order valence-electron chi connectivity index (χ3n) is 3.17. The lowest BCUT2D eigenvalue weighted by Gasteiger charge is -2.27. The van der Waals surface area contributed by atoms with Gasteiger partial charge in [0.25, 0.3) is 0 Å². The monoisotopic (exact) mass is 251 g/mol. The molecule has 1 heterocycles. The Bertz CT molecular complexity index is 337. The summed E-state index contributed by atoms with van der Waals surface area (Å²) >= 11 is 0. The molecule has 0 aromatic carbocycles. The minimum atomic E-state index is 0.224. The number of pyridine rings is 1. The highest BCUT2D eigenvalue weighted by molar-refractivity contribution is 5.21. The molecule has 2 N–H and O–H groups in total. The minimum absolute atomic E-state index is 0.224. The molecular weight excluding hydrogens is 226 g/mol. The number of nitrogens with zero attached hydrogens (tertiary/aromatic N) is 2. The Hall–Kier alpha value is -1.13. The maximum atomic E-state index is 5.88. The molecule has 0 aliphatic rings. The van der Waals surface area contributed by atoms with Gasteiger partial charge in [-0.25, -0.2) is 4.98 Å². The van der Waals surface area contributed by atoms with Crippen LogP contribution in [-0.4, -0.2) is 37.1 Å². The number of likely N-dealkylation sites (N-methyl/N-ethyl adjacent to an activating group) is 1. The molecule has 0 aliphatic carbocycles. The Morgan fingerprint density at radius 2 is 2.11 bits per heavy atom. The normalized spacial score (nSPS) is 13.1. The van der Waals surface area contributed by atoms with Crippen LogP contribution in [0.25, 0.3) is 0 Å². The summed E-state index contributed by atoms with van der Waals surface area (Å²) in [5.41, 5.74) is 7.03. The van der Waals surface area contributed by atoms with Gasteiger partial charge >= 0.3 is 0 Å². The van der Waals surface area contributed by atoms with Gasteiger partial charge in [0.1, 0.15) is 0 Å². The lowest BCUT2D eigenvalue weighted by atomic mass is 10.1. The molecule has 0 saturated heterocycles. The van der Waals surface area contributed by atoms with Crippen molar-refractivity contribution in [3.8, 4) is 5.88 Å². The third kappa shape index (κ3) is 4.27. The topological polar surface area (TPSA) is 51.4 Å². The predicted octanol–water partition coefficient (Wildman–Crippen LogP) is 2.07. The van der Waals surface area contributed by atoms with Crippen LogP contribution in [0.2, 0.25) is 0 Å². The molecule has 1 atom stereocenters. The number of aromatic nitrogens is 1. The van der Waals surface area contributed by atoms with Gasteiger partial charge in [-0.05, 0) is 31.5 Å². The smallest absolute Gasteiger partial charge is 0.212 e. The van der Waals surface area contributed by atoms with Gasteiger partial charge in [-0.15, -0.1) is 0 Å². The average Bonchev–Trinajstić information content (AvgIpc) is 2.38. The van der Waals surface area contributed by atoms with Crippen molar-refractivity contribution >= 4 is 0 Å². The molecular formula is C14H25N3O. The average molecular weight is 251 g/mol. The molecule has 0 radical (unpaired) electrons. The second-order valence-electron chi connectivity index (χ2n) is 5.05. The van der Waals surface area contributed by atoms with Crippen molar-refractivity contribution in [3.63, 3.8) is 0 Å². The Morgan fingerprint density at radius 3 is 2.56 bits per heavy atom. The van der Waals surface area contributed by atoms with Gasteiger partial charge in [-0.3, -0.25) is 4.90 Å². The van der Waals surface area contributed by atoms with E-state index in [4.69, 9.17) is 10.5 Å². The molecule has 4 heteroatoms. The summed E-state index contributed by atoms with van der Waals surface area (Å²) < 4.78 is 5.07. The largest absolute Gasteiger partial charge is 0.481 e. The molecule has 102 valence electrons. The van der Waals surface area contributed by atoms with E-state index in [1.54, 1.807) is 7.11 Å². The van der Waals surface area contributed by atoms with Gasteiger partial charge in [0.15, 0.2) is 0 Å². The number of nitrogens with two attached hydrogens (primary N) is 1. The van der Waals surface area contributed by atoms with Gasteiger partial charge in [-0.1, -0.05) is 19.9 Å². The number of rotatable bonds is 7. The number of hydrogen-bond donors (Lipinski definition) is 1. The first-order valence-electron chi connectivity index (χ1n) is 6.48. The first-order valence-corrected chi connectivity index (χ1v) is 6.48. The predicted molar refractivity (Wildman–Crippen MR) is 74.7 cm³/mol. The van der Waals surface area contributed by atoms with E-state index in [1.807, 2.05) is 18.3 Å². The molecule has 0 spiro atoms. The van der Waals surface area contributed by atoms with Crippen molar-refractivity contribution < 1.29 is 4.74 Å². The maximum absolute atomic E-state index is 5.88. The molecule has 1 aromatic rings. The van der Waals surface area contributed by atoms with Crippen molar-refractivity contribution in [1.29, 1.82) is 0 Å². The van der Waals surface area contributed by atoms with Crippen LogP contribution in [-0.2, 0) is 0 Å². The summed E-state index contributed by atoms with van der Waals surface area (Å²) in [5.74, 6) is 1.35. The van der Waals surface area contributed by atoms with Crippen LogP contribution in [0.3, 0.4) is 0 Å². The molecule has 1 aromatic heterocycles. The SMILES string of the molecule is COc1ccc(C(CN)N(C)CCC(C)C)cn1. The van der Waals surface area contributed by atoms with Gasteiger partial charge in [0, 0.05) is 24.8 Å². The zero-order chi connectivity index (χ0) is 13.5. The Morgan fingerprint density at radius 1 is 1.39 bits per heavy atom. The summed E-state index contributed by atoms with van der Waals surface area (Å²) in [6.45, 7) is 6.12. The third-order valence-corrected chi connectivity index (χ3v) is 3.17. The summed E-state index contributed by atoms with van der Waals surface area (Å²) in [5, 5.41) is 0. The molecule has 0 saturated carbocycles. The van der Waals surface area contributed by atoms with Crippen LogP contribution in [0.15, 0.2) is 18.3 Å². The van der Waals surface area contributed by atoms with E-state index in [1.165, 1.54) is 6.42 Å². The van der Waals surface area contributed by atoms with Crippen LogP contribution in [0.4, 0.5) is 0 Å². The number of ether oxygens (including phenoxy) is 1. The summed E-state index contributed by atoms with van der Waals surface area (Å²) in [6.07, 6.45) is 3.03. The van der Waals surface area contributed by atoms with Gasteiger partial charge < -0.3 is 10.5 Å². The molecule has 1 rings (SSSR count). The van der Waals surface area contributed by atoms with Crippen molar-refractivity contribution in [1.82, 2.24) is 9.88 Å². The molecule has 0 bridgehead atoms.